The first-order valence-corrected chi connectivity index (χ1v) is 9.39. The summed E-state index contributed by atoms with van der Waals surface area (Å²) in [5, 5.41) is 0. The van der Waals surface area contributed by atoms with E-state index >= 15 is 0 Å². The summed E-state index contributed by atoms with van der Waals surface area (Å²) in [5.41, 5.74) is 5.07. The van der Waals surface area contributed by atoms with Crippen LogP contribution < -0.4 is 10.5 Å². The van der Waals surface area contributed by atoms with E-state index in [0.29, 0.717) is 24.5 Å². The van der Waals surface area contributed by atoms with E-state index in [1.807, 2.05) is 0 Å². The van der Waals surface area contributed by atoms with Crippen molar-refractivity contribution < 1.29 is 27.5 Å². The molecule has 1 atom stereocenters. The number of piperidine rings is 1. The van der Waals surface area contributed by atoms with Gasteiger partial charge in [-0.15, -0.1) is 0 Å². The summed E-state index contributed by atoms with van der Waals surface area (Å²) in [6.45, 7) is 1.68. The van der Waals surface area contributed by atoms with Gasteiger partial charge in [-0.1, -0.05) is 6.07 Å². The molecule has 0 radical (unpaired) electrons. The summed E-state index contributed by atoms with van der Waals surface area (Å²) in [7, 11) is 0. The number of alkyl halides is 3. The molecule has 30 heavy (non-hydrogen) atoms. The Morgan fingerprint density at radius 2 is 2.07 bits per heavy atom. The third-order valence-corrected chi connectivity index (χ3v) is 4.91. The average Bonchev–Trinajstić information content (AvgIpc) is 2.71. The molecule has 0 spiro atoms. The molecule has 1 saturated heterocycles. The summed E-state index contributed by atoms with van der Waals surface area (Å²) in [6.07, 6.45) is -0.873. The highest BCUT2D eigenvalue weighted by Gasteiger charge is 2.32. The Morgan fingerprint density at radius 1 is 1.30 bits per heavy atom. The first-order chi connectivity index (χ1) is 14.2. The second-order valence-corrected chi connectivity index (χ2v) is 7.00. The maximum atomic E-state index is 12.8. The maximum absolute atomic E-state index is 12.8. The standard InChI is InChI=1S/C20H21F3N4O3/c1-12-15(18(24)29)10-25-19(26-12)16-7-2-3-8-27(16)17(28)11-30-14-6-4-5-13(9-14)20(21,22)23/h4-6,9-10,16H,2-3,7-8,11H2,1H3,(H2,24,29)/t16-/m0/s1. The Morgan fingerprint density at radius 3 is 2.73 bits per heavy atom. The summed E-state index contributed by atoms with van der Waals surface area (Å²) >= 11 is 0. The van der Waals surface area contributed by atoms with E-state index in [0.717, 1.165) is 25.0 Å². The highest BCUT2D eigenvalue weighted by Crippen LogP contribution is 2.32. The fourth-order valence-electron chi connectivity index (χ4n) is 3.38. The molecule has 2 heterocycles. The topological polar surface area (TPSA) is 98.4 Å². The quantitative estimate of drug-likeness (QED) is 0.799. The number of rotatable bonds is 5. The minimum absolute atomic E-state index is 0.0374. The fraction of sp³-hybridized carbons (Fsp3) is 0.400. The van der Waals surface area contributed by atoms with Gasteiger partial charge in [0.05, 0.1) is 22.9 Å². The Hall–Kier alpha value is -3.17. The number of hydrogen-bond acceptors (Lipinski definition) is 5. The van der Waals surface area contributed by atoms with Gasteiger partial charge >= 0.3 is 6.18 Å². The van der Waals surface area contributed by atoms with Gasteiger partial charge in [0.2, 0.25) is 0 Å². The van der Waals surface area contributed by atoms with Crippen molar-refractivity contribution >= 4 is 11.8 Å². The molecular weight excluding hydrogens is 401 g/mol. The number of benzene rings is 1. The van der Waals surface area contributed by atoms with Crippen molar-refractivity contribution in [1.82, 2.24) is 14.9 Å². The number of halogens is 3. The minimum Gasteiger partial charge on any atom is -0.484 e. The van der Waals surface area contributed by atoms with Crippen molar-refractivity contribution in [1.29, 1.82) is 0 Å². The number of nitrogens with zero attached hydrogens (tertiary/aromatic N) is 3. The Kier molecular flexibility index (Phi) is 6.23. The first-order valence-electron chi connectivity index (χ1n) is 9.39. The van der Waals surface area contributed by atoms with E-state index < -0.39 is 30.3 Å². The zero-order chi connectivity index (χ0) is 21.9. The minimum atomic E-state index is -4.49. The lowest BCUT2D eigenvalue weighted by atomic mass is 10.0. The SMILES string of the molecule is Cc1nc([C@@H]2CCCCN2C(=O)COc2cccc(C(F)(F)F)c2)ncc1C(N)=O. The lowest BCUT2D eigenvalue weighted by Crippen LogP contribution is -2.41. The van der Waals surface area contributed by atoms with E-state index in [4.69, 9.17) is 10.5 Å². The highest BCUT2D eigenvalue weighted by molar-refractivity contribution is 5.93. The van der Waals surface area contributed by atoms with Gasteiger partial charge in [-0.2, -0.15) is 13.2 Å². The monoisotopic (exact) mass is 422 g/mol. The van der Waals surface area contributed by atoms with Crippen LogP contribution in [0.4, 0.5) is 13.2 Å². The molecule has 2 amide bonds. The zero-order valence-corrected chi connectivity index (χ0v) is 16.3. The van der Waals surface area contributed by atoms with Gasteiger partial charge in [0, 0.05) is 12.7 Å². The molecule has 3 rings (SSSR count). The van der Waals surface area contributed by atoms with Crippen LogP contribution in [0.1, 0.15) is 52.7 Å². The van der Waals surface area contributed by atoms with Crippen molar-refractivity contribution in [2.24, 2.45) is 5.73 Å². The molecule has 7 nitrogen and oxygen atoms in total. The lowest BCUT2D eigenvalue weighted by molar-refractivity contribution is -0.137. The second kappa shape index (κ2) is 8.68. The van der Waals surface area contributed by atoms with Crippen molar-refractivity contribution in [3.63, 3.8) is 0 Å². The first kappa shape index (κ1) is 21.5. The number of primary amides is 1. The van der Waals surface area contributed by atoms with Crippen LogP contribution in [-0.4, -0.2) is 39.8 Å². The molecule has 0 saturated carbocycles. The molecule has 0 unspecified atom stereocenters. The summed E-state index contributed by atoms with van der Waals surface area (Å²) in [5.74, 6) is -0.656. The van der Waals surface area contributed by atoms with Gasteiger partial charge in [0.25, 0.3) is 11.8 Å². The molecule has 0 aliphatic carbocycles. The molecule has 1 aliphatic heterocycles. The molecule has 10 heteroatoms. The van der Waals surface area contributed by atoms with Gasteiger partial charge in [-0.25, -0.2) is 9.97 Å². The van der Waals surface area contributed by atoms with Crippen LogP contribution in [-0.2, 0) is 11.0 Å². The highest BCUT2D eigenvalue weighted by atomic mass is 19.4. The van der Waals surface area contributed by atoms with Crippen LogP contribution in [0, 0.1) is 6.92 Å². The number of aryl methyl sites for hydroxylation is 1. The number of hydrogen-bond donors (Lipinski definition) is 1. The summed E-state index contributed by atoms with van der Waals surface area (Å²) in [6, 6.07) is 3.98. The van der Waals surface area contributed by atoms with Crippen LogP contribution >= 0.6 is 0 Å². The van der Waals surface area contributed by atoms with Crippen LogP contribution in [0.5, 0.6) is 5.75 Å². The number of ether oxygens (including phenoxy) is 1. The second-order valence-electron chi connectivity index (χ2n) is 7.00. The smallest absolute Gasteiger partial charge is 0.416 e. The molecule has 1 aromatic heterocycles. The Labute approximate surface area is 171 Å². The predicted molar refractivity (Wildman–Crippen MR) is 101 cm³/mol. The van der Waals surface area contributed by atoms with Gasteiger partial charge < -0.3 is 15.4 Å². The number of aromatic nitrogens is 2. The fourth-order valence-corrected chi connectivity index (χ4v) is 3.38. The normalized spacial score (nSPS) is 16.9. The van der Waals surface area contributed by atoms with Gasteiger partial charge in [-0.3, -0.25) is 9.59 Å². The zero-order valence-electron chi connectivity index (χ0n) is 16.3. The number of carbonyl (C=O) groups is 2. The molecule has 2 aromatic rings. The summed E-state index contributed by atoms with van der Waals surface area (Å²) < 4.78 is 43.8. The van der Waals surface area contributed by atoms with Gasteiger partial charge in [0.15, 0.2) is 12.4 Å². The van der Waals surface area contributed by atoms with E-state index in [9.17, 15) is 22.8 Å². The van der Waals surface area contributed by atoms with Gasteiger partial charge in [-0.05, 0) is 44.4 Å². The third-order valence-electron chi connectivity index (χ3n) is 4.91. The third kappa shape index (κ3) is 4.87. The van der Waals surface area contributed by atoms with Crippen molar-refractivity contribution in [2.45, 2.75) is 38.4 Å². The lowest BCUT2D eigenvalue weighted by Gasteiger charge is -2.34. The maximum Gasteiger partial charge on any atom is 0.416 e. The Balaban J connectivity index is 1.73. The molecular formula is C20H21F3N4O3. The number of nitrogens with two attached hydrogens (primary N) is 1. The molecule has 0 bridgehead atoms. The number of amides is 2. The molecule has 1 aliphatic rings. The van der Waals surface area contributed by atoms with E-state index in [2.05, 4.69) is 9.97 Å². The van der Waals surface area contributed by atoms with E-state index in [-0.39, 0.29) is 17.2 Å². The predicted octanol–water partition coefficient (Wildman–Crippen LogP) is 3.04. The number of likely N-dealkylation sites (tertiary alicyclic amines) is 1. The average molecular weight is 422 g/mol. The number of carbonyl (C=O) groups excluding carboxylic acids is 2. The molecule has 1 aromatic carbocycles. The summed E-state index contributed by atoms with van der Waals surface area (Å²) in [4.78, 5) is 34.2. The molecule has 2 N–H and O–H groups in total. The van der Waals surface area contributed by atoms with Crippen LogP contribution in [0.25, 0.3) is 0 Å². The van der Waals surface area contributed by atoms with Crippen LogP contribution in [0.2, 0.25) is 0 Å². The molecule has 160 valence electrons. The van der Waals surface area contributed by atoms with Gasteiger partial charge in [0.1, 0.15) is 5.75 Å². The van der Waals surface area contributed by atoms with Crippen molar-refractivity contribution in [3.8, 4) is 5.75 Å². The van der Waals surface area contributed by atoms with Crippen molar-refractivity contribution in [3.05, 3.63) is 53.1 Å². The van der Waals surface area contributed by atoms with Crippen LogP contribution in [0.3, 0.4) is 0 Å². The van der Waals surface area contributed by atoms with E-state index in [1.54, 1.807) is 11.8 Å². The Bertz CT molecular complexity index is 949. The van der Waals surface area contributed by atoms with Crippen molar-refractivity contribution in [2.75, 3.05) is 13.2 Å². The largest absolute Gasteiger partial charge is 0.484 e. The van der Waals surface area contributed by atoms with Crippen LogP contribution in [0.15, 0.2) is 30.5 Å². The van der Waals surface area contributed by atoms with E-state index in [1.165, 1.54) is 18.3 Å². The molecule has 1 fully saturated rings.